The molecule has 0 saturated carbocycles. The lowest BCUT2D eigenvalue weighted by Gasteiger charge is -2.05. The zero-order chi connectivity index (χ0) is 12.3. The average molecular weight is 209 g/mol. The van der Waals surface area contributed by atoms with Gasteiger partial charge in [-0.2, -0.15) is 0 Å². The molecule has 0 aromatic rings. The highest BCUT2D eigenvalue weighted by Crippen LogP contribution is 2.04. The maximum atomic E-state index is 10.6. The Bertz CT molecular complexity index is 239. The highest BCUT2D eigenvalue weighted by molar-refractivity contribution is 5.77. The largest absolute Gasteiger partial charge is 0.306 e. The molecule has 0 aromatic carbocycles. The second-order valence-electron chi connectivity index (χ2n) is 2.93. The standard InChI is InChI=1S/C11H17NO.C2H6/c1-5-6-9(2)10(3)7-12-8-11(4)13;1-2/h5-6,12H,2-3,7-8H2,1,4H3;1-2H3/b6-5+;. The summed E-state index contributed by atoms with van der Waals surface area (Å²) in [5, 5.41) is 2.98. The molecule has 0 unspecified atom stereocenters. The fraction of sp³-hybridized carbons (Fsp3) is 0.462. The number of rotatable bonds is 6. The summed E-state index contributed by atoms with van der Waals surface area (Å²) in [6.45, 7) is 16.2. The van der Waals surface area contributed by atoms with Gasteiger partial charge >= 0.3 is 0 Å². The topological polar surface area (TPSA) is 29.1 Å². The maximum absolute atomic E-state index is 10.6. The minimum atomic E-state index is 0.129. The molecule has 1 N–H and O–H groups in total. The second-order valence-corrected chi connectivity index (χ2v) is 2.93. The molecule has 0 atom stereocenters. The Morgan fingerprint density at radius 3 is 2.20 bits per heavy atom. The molecule has 0 aromatic heterocycles. The molecule has 0 aliphatic carbocycles. The summed E-state index contributed by atoms with van der Waals surface area (Å²) >= 11 is 0. The molecule has 2 heteroatoms. The number of Topliss-reactive ketones (excluding diaryl/α,β-unsaturated/α-hetero) is 1. The normalized spacial score (nSPS) is 9.33. The van der Waals surface area contributed by atoms with Crippen molar-refractivity contribution in [2.45, 2.75) is 27.7 Å². The molecule has 0 amide bonds. The Kier molecular flexibility index (Phi) is 11.9. The van der Waals surface area contributed by atoms with Gasteiger partial charge in [-0.3, -0.25) is 4.79 Å². The third-order valence-corrected chi connectivity index (χ3v) is 1.53. The van der Waals surface area contributed by atoms with Gasteiger partial charge in [0.15, 0.2) is 0 Å². The number of nitrogens with one attached hydrogen (secondary N) is 1. The number of allylic oxidation sites excluding steroid dienone is 2. The maximum Gasteiger partial charge on any atom is 0.143 e. The van der Waals surface area contributed by atoms with Crippen molar-refractivity contribution in [1.82, 2.24) is 5.32 Å². The summed E-state index contributed by atoms with van der Waals surface area (Å²) in [7, 11) is 0. The highest BCUT2D eigenvalue weighted by Gasteiger charge is 1.97. The first kappa shape index (κ1) is 16.3. The van der Waals surface area contributed by atoms with Crippen molar-refractivity contribution in [1.29, 1.82) is 0 Å². The van der Waals surface area contributed by atoms with Crippen molar-refractivity contribution in [2.24, 2.45) is 0 Å². The van der Waals surface area contributed by atoms with E-state index in [1.54, 1.807) is 6.92 Å². The molecule has 15 heavy (non-hydrogen) atoms. The Morgan fingerprint density at radius 1 is 1.27 bits per heavy atom. The van der Waals surface area contributed by atoms with E-state index >= 15 is 0 Å². The van der Waals surface area contributed by atoms with E-state index in [0.29, 0.717) is 13.1 Å². The molecular formula is C13H23NO. The van der Waals surface area contributed by atoms with Gasteiger partial charge in [0.2, 0.25) is 0 Å². The third-order valence-electron chi connectivity index (χ3n) is 1.53. The van der Waals surface area contributed by atoms with Gasteiger partial charge in [-0.25, -0.2) is 0 Å². The van der Waals surface area contributed by atoms with E-state index in [2.05, 4.69) is 18.5 Å². The van der Waals surface area contributed by atoms with Gasteiger partial charge in [0.25, 0.3) is 0 Å². The van der Waals surface area contributed by atoms with Crippen LogP contribution in [0.1, 0.15) is 27.7 Å². The third kappa shape index (κ3) is 10.8. The summed E-state index contributed by atoms with van der Waals surface area (Å²) < 4.78 is 0. The molecule has 0 aliphatic heterocycles. The van der Waals surface area contributed by atoms with E-state index in [0.717, 1.165) is 11.1 Å². The van der Waals surface area contributed by atoms with Crippen LogP contribution in [0.5, 0.6) is 0 Å². The molecule has 0 heterocycles. The highest BCUT2D eigenvalue weighted by atomic mass is 16.1. The predicted octanol–water partition coefficient (Wildman–Crippen LogP) is 2.88. The molecule has 86 valence electrons. The molecule has 0 fully saturated rings. The van der Waals surface area contributed by atoms with Gasteiger partial charge in [0.1, 0.15) is 5.78 Å². The van der Waals surface area contributed by atoms with E-state index in [9.17, 15) is 4.79 Å². The van der Waals surface area contributed by atoms with Crippen LogP contribution in [0, 0.1) is 0 Å². The van der Waals surface area contributed by atoms with Gasteiger partial charge < -0.3 is 5.32 Å². The van der Waals surface area contributed by atoms with Gasteiger partial charge in [-0.15, -0.1) is 0 Å². The zero-order valence-corrected chi connectivity index (χ0v) is 10.4. The monoisotopic (exact) mass is 209 g/mol. The molecule has 0 aliphatic rings. The lowest BCUT2D eigenvalue weighted by Crippen LogP contribution is -2.23. The van der Waals surface area contributed by atoms with Gasteiger partial charge in [0.05, 0.1) is 6.54 Å². The lowest BCUT2D eigenvalue weighted by molar-refractivity contribution is -0.116. The van der Waals surface area contributed by atoms with E-state index in [1.807, 2.05) is 32.9 Å². The van der Waals surface area contributed by atoms with Gasteiger partial charge in [-0.05, 0) is 25.0 Å². The van der Waals surface area contributed by atoms with Crippen LogP contribution >= 0.6 is 0 Å². The molecule has 0 radical (unpaired) electrons. The van der Waals surface area contributed by atoms with Crippen molar-refractivity contribution in [3.63, 3.8) is 0 Å². The number of carbonyl (C=O) groups is 1. The van der Waals surface area contributed by atoms with Crippen LogP contribution in [-0.4, -0.2) is 18.9 Å². The molecule has 2 nitrogen and oxygen atoms in total. The van der Waals surface area contributed by atoms with E-state index in [1.165, 1.54) is 0 Å². The van der Waals surface area contributed by atoms with Crippen molar-refractivity contribution in [2.75, 3.05) is 13.1 Å². The Morgan fingerprint density at radius 2 is 1.80 bits per heavy atom. The van der Waals surface area contributed by atoms with Crippen LogP contribution in [-0.2, 0) is 4.79 Å². The number of ketones is 1. The molecular weight excluding hydrogens is 186 g/mol. The van der Waals surface area contributed by atoms with Gasteiger partial charge in [-0.1, -0.05) is 39.2 Å². The Labute approximate surface area is 93.8 Å². The summed E-state index contributed by atoms with van der Waals surface area (Å²) in [5.74, 6) is 0.129. The van der Waals surface area contributed by atoms with Crippen LogP contribution in [0.4, 0.5) is 0 Å². The summed E-state index contributed by atoms with van der Waals surface area (Å²) in [6, 6.07) is 0. The Hall–Kier alpha value is -1.15. The van der Waals surface area contributed by atoms with Crippen LogP contribution in [0.2, 0.25) is 0 Å². The van der Waals surface area contributed by atoms with Gasteiger partial charge in [0, 0.05) is 6.54 Å². The fourth-order valence-electron chi connectivity index (χ4n) is 0.822. The SMILES string of the molecule is C=C(/C=C/C)C(=C)CNCC(C)=O.CC. The smallest absolute Gasteiger partial charge is 0.143 e. The van der Waals surface area contributed by atoms with Crippen LogP contribution in [0.3, 0.4) is 0 Å². The van der Waals surface area contributed by atoms with Crippen molar-refractivity contribution in [3.8, 4) is 0 Å². The van der Waals surface area contributed by atoms with Crippen LogP contribution in [0.25, 0.3) is 0 Å². The quantitative estimate of drug-likeness (QED) is 0.681. The zero-order valence-electron chi connectivity index (χ0n) is 10.4. The second kappa shape index (κ2) is 10.9. The fourth-order valence-corrected chi connectivity index (χ4v) is 0.822. The first-order valence-corrected chi connectivity index (χ1v) is 5.27. The van der Waals surface area contributed by atoms with Crippen molar-refractivity contribution in [3.05, 3.63) is 36.5 Å². The first-order chi connectivity index (χ1) is 7.07. The number of hydrogen-bond acceptors (Lipinski definition) is 2. The summed E-state index contributed by atoms with van der Waals surface area (Å²) in [6.07, 6.45) is 3.82. The van der Waals surface area contributed by atoms with E-state index < -0.39 is 0 Å². The minimum absolute atomic E-state index is 0.129. The lowest BCUT2D eigenvalue weighted by atomic mass is 10.1. The minimum Gasteiger partial charge on any atom is -0.306 e. The van der Waals surface area contributed by atoms with Crippen molar-refractivity contribution < 1.29 is 4.79 Å². The number of carbonyl (C=O) groups excluding carboxylic acids is 1. The average Bonchev–Trinajstić information content (AvgIpc) is 2.20. The predicted molar refractivity (Wildman–Crippen MR) is 68.0 cm³/mol. The number of hydrogen-bond donors (Lipinski definition) is 1. The summed E-state index contributed by atoms with van der Waals surface area (Å²) in [5.41, 5.74) is 1.82. The molecule has 0 spiro atoms. The molecule has 0 saturated heterocycles. The van der Waals surface area contributed by atoms with E-state index in [4.69, 9.17) is 0 Å². The van der Waals surface area contributed by atoms with Crippen molar-refractivity contribution >= 4 is 5.78 Å². The Balaban J connectivity index is 0. The first-order valence-electron chi connectivity index (χ1n) is 5.27. The molecule has 0 bridgehead atoms. The van der Waals surface area contributed by atoms with Crippen LogP contribution < -0.4 is 5.32 Å². The van der Waals surface area contributed by atoms with Crippen LogP contribution in [0.15, 0.2) is 36.5 Å². The molecule has 0 rings (SSSR count). The van der Waals surface area contributed by atoms with E-state index in [-0.39, 0.29) is 5.78 Å². The summed E-state index contributed by atoms with van der Waals surface area (Å²) in [4.78, 5) is 10.6.